The number of benzene rings is 1. The van der Waals surface area contributed by atoms with Crippen LogP contribution >= 0.6 is 0 Å². The molecule has 1 aromatic rings. The summed E-state index contributed by atoms with van der Waals surface area (Å²) in [5, 5.41) is 5.85. The first-order valence-electron chi connectivity index (χ1n) is 12.5. The number of ether oxygens (including phenoxy) is 1. The number of likely N-dealkylation sites (N-methyl/N-ethyl adjacent to an activating group) is 1. The van der Waals surface area contributed by atoms with Gasteiger partial charge < -0.3 is 30.1 Å². The molecule has 4 amide bonds. The fraction of sp³-hybridized carbons (Fsp3) is 0.654. The van der Waals surface area contributed by atoms with E-state index in [9.17, 15) is 18.8 Å². The summed E-state index contributed by atoms with van der Waals surface area (Å²) in [6, 6.07) is 4.25. The molecule has 0 spiro atoms. The van der Waals surface area contributed by atoms with Gasteiger partial charge in [0.1, 0.15) is 11.9 Å². The van der Waals surface area contributed by atoms with Crippen molar-refractivity contribution in [3.63, 3.8) is 0 Å². The first kappa shape index (κ1) is 27.9. The van der Waals surface area contributed by atoms with Crippen LogP contribution in [-0.4, -0.2) is 97.0 Å². The highest BCUT2D eigenvalue weighted by atomic mass is 19.1. The number of nitrogens with one attached hydrogen (secondary N) is 2. The molecule has 5 atom stereocenters. The molecule has 2 aliphatic rings. The Labute approximate surface area is 213 Å². The monoisotopic (exact) mass is 505 g/mol. The van der Waals surface area contributed by atoms with Gasteiger partial charge in [0, 0.05) is 20.6 Å². The highest BCUT2D eigenvalue weighted by molar-refractivity contribution is 5.90. The molecule has 0 aromatic heterocycles. The molecule has 200 valence electrons. The van der Waals surface area contributed by atoms with Crippen LogP contribution in [0.15, 0.2) is 24.3 Å². The van der Waals surface area contributed by atoms with Crippen LogP contribution in [0.4, 0.5) is 9.18 Å². The normalized spacial score (nSPS) is 23.3. The average molecular weight is 506 g/mol. The third-order valence-electron chi connectivity index (χ3n) is 7.09. The summed E-state index contributed by atoms with van der Waals surface area (Å²) in [4.78, 5) is 44.7. The summed E-state index contributed by atoms with van der Waals surface area (Å²) in [6.07, 6.45) is 0.215. The van der Waals surface area contributed by atoms with Crippen molar-refractivity contribution in [3.05, 3.63) is 35.6 Å². The number of likely N-dealkylation sites (tertiary alicyclic amines) is 2. The number of nitrogens with zero attached hydrogens (tertiary/aromatic N) is 3. The third-order valence-corrected chi connectivity index (χ3v) is 7.09. The summed E-state index contributed by atoms with van der Waals surface area (Å²) >= 11 is 0. The van der Waals surface area contributed by atoms with Crippen molar-refractivity contribution in [2.24, 2.45) is 5.41 Å². The Morgan fingerprint density at radius 3 is 2.36 bits per heavy atom. The first-order chi connectivity index (χ1) is 16.8. The van der Waals surface area contributed by atoms with Crippen LogP contribution in [0.3, 0.4) is 0 Å². The van der Waals surface area contributed by atoms with Gasteiger partial charge in [-0.15, -0.1) is 0 Å². The van der Waals surface area contributed by atoms with Gasteiger partial charge in [-0.05, 0) is 43.5 Å². The zero-order valence-corrected chi connectivity index (χ0v) is 22.4. The standard InChI is InChI=1S/C26H40FN5O4/c1-16(28-5)23(33)29-22(26(2,3)4)24(34)31-13-12-19-21(31)20(14-32(19)25(35)30(6)7)36-15-17-8-10-18(27)11-9-17/h8-11,16,19-22,28H,12-15H2,1-7H3,(H,29,33)/t16-,19+,20-,21-,22+/m0/s1. The average Bonchev–Trinajstić information content (AvgIpc) is 3.40. The lowest BCUT2D eigenvalue weighted by atomic mass is 9.85. The second kappa shape index (κ2) is 11.1. The van der Waals surface area contributed by atoms with Crippen LogP contribution in [0.1, 0.15) is 39.7 Å². The third kappa shape index (κ3) is 5.98. The first-order valence-corrected chi connectivity index (χ1v) is 12.5. The Morgan fingerprint density at radius 1 is 1.17 bits per heavy atom. The van der Waals surface area contributed by atoms with Gasteiger partial charge in [-0.1, -0.05) is 32.9 Å². The molecule has 2 saturated heterocycles. The van der Waals surface area contributed by atoms with E-state index in [0.717, 1.165) is 5.56 Å². The number of hydrogen-bond donors (Lipinski definition) is 2. The Morgan fingerprint density at radius 2 is 1.81 bits per heavy atom. The maximum absolute atomic E-state index is 13.9. The van der Waals surface area contributed by atoms with Crippen molar-refractivity contribution < 1.29 is 23.5 Å². The fourth-order valence-corrected chi connectivity index (χ4v) is 4.91. The minimum Gasteiger partial charge on any atom is -0.369 e. The van der Waals surface area contributed by atoms with E-state index in [0.29, 0.717) is 19.5 Å². The van der Waals surface area contributed by atoms with Crippen molar-refractivity contribution in [2.75, 3.05) is 34.2 Å². The molecular weight excluding hydrogens is 465 g/mol. The van der Waals surface area contributed by atoms with E-state index in [-0.39, 0.29) is 42.4 Å². The second-order valence-corrected chi connectivity index (χ2v) is 11.0. The summed E-state index contributed by atoms with van der Waals surface area (Å²) in [6.45, 7) is 8.56. The topological polar surface area (TPSA) is 94.2 Å². The number of rotatable bonds is 7. The van der Waals surface area contributed by atoms with E-state index in [1.165, 1.54) is 17.0 Å². The van der Waals surface area contributed by atoms with Crippen LogP contribution in [0.25, 0.3) is 0 Å². The predicted molar refractivity (Wildman–Crippen MR) is 135 cm³/mol. The number of fused-ring (bicyclic) bond motifs is 1. The van der Waals surface area contributed by atoms with Crippen LogP contribution in [0.2, 0.25) is 0 Å². The van der Waals surface area contributed by atoms with E-state index >= 15 is 0 Å². The van der Waals surface area contributed by atoms with E-state index in [4.69, 9.17) is 4.74 Å². The van der Waals surface area contributed by atoms with E-state index in [1.807, 2.05) is 20.8 Å². The van der Waals surface area contributed by atoms with Crippen molar-refractivity contribution >= 4 is 17.8 Å². The Kier molecular flexibility index (Phi) is 8.61. The molecule has 10 heteroatoms. The van der Waals surface area contributed by atoms with Crippen molar-refractivity contribution in [1.29, 1.82) is 0 Å². The summed E-state index contributed by atoms with van der Waals surface area (Å²) in [5.41, 5.74) is 0.280. The Bertz CT molecular complexity index is 949. The number of hydrogen-bond acceptors (Lipinski definition) is 5. The molecule has 2 fully saturated rings. The molecule has 0 radical (unpaired) electrons. The summed E-state index contributed by atoms with van der Waals surface area (Å²) in [5.74, 6) is -0.750. The van der Waals surface area contributed by atoms with E-state index < -0.39 is 23.6 Å². The molecule has 1 aromatic carbocycles. The molecule has 0 bridgehead atoms. The molecule has 9 nitrogen and oxygen atoms in total. The van der Waals surface area contributed by atoms with Gasteiger partial charge in [-0.25, -0.2) is 9.18 Å². The molecule has 3 rings (SSSR count). The minimum atomic E-state index is -0.740. The number of carbonyl (C=O) groups excluding carboxylic acids is 3. The Hall–Kier alpha value is -2.72. The molecule has 0 saturated carbocycles. The SMILES string of the molecule is CN[C@@H](C)C(=O)N[C@H](C(=O)N1CC[C@@H]2[C@H]1[C@@H](OCc1ccc(F)cc1)CN2C(=O)N(C)C)C(C)(C)C. The maximum Gasteiger partial charge on any atom is 0.319 e. The van der Waals surface area contributed by atoms with Crippen LogP contribution in [0.5, 0.6) is 0 Å². The molecular formula is C26H40FN5O4. The molecule has 2 aliphatic heterocycles. The van der Waals surface area contributed by atoms with Crippen LogP contribution in [0, 0.1) is 11.2 Å². The fourth-order valence-electron chi connectivity index (χ4n) is 4.91. The van der Waals surface area contributed by atoms with Gasteiger partial charge in [0.25, 0.3) is 0 Å². The van der Waals surface area contributed by atoms with Gasteiger partial charge >= 0.3 is 6.03 Å². The van der Waals surface area contributed by atoms with E-state index in [2.05, 4.69) is 10.6 Å². The van der Waals surface area contributed by atoms with Crippen molar-refractivity contribution in [2.45, 2.75) is 71.0 Å². The minimum absolute atomic E-state index is 0.129. The highest BCUT2D eigenvalue weighted by Gasteiger charge is 2.54. The quantitative estimate of drug-likeness (QED) is 0.590. The number of urea groups is 1. The molecule has 0 aliphatic carbocycles. The van der Waals surface area contributed by atoms with Gasteiger partial charge in [0.05, 0.1) is 37.4 Å². The summed E-state index contributed by atoms with van der Waals surface area (Å²) < 4.78 is 19.6. The number of carbonyl (C=O) groups is 3. The van der Waals surface area contributed by atoms with Gasteiger partial charge in [-0.2, -0.15) is 0 Å². The maximum atomic E-state index is 13.9. The number of amides is 4. The molecule has 2 heterocycles. The molecule has 36 heavy (non-hydrogen) atoms. The predicted octanol–water partition coefficient (Wildman–Crippen LogP) is 1.82. The zero-order valence-electron chi connectivity index (χ0n) is 22.4. The Balaban J connectivity index is 1.86. The second-order valence-electron chi connectivity index (χ2n) is 11.0. The number of halogens is 1. The molecule has 2 N–H and O–H groups in total. The lowest BCUT2D eigenvalue weighted by Gasteiger charge is -2.37. The zero-order chi connectivity index (χ0) is 26.8. The van der Waals surface area contributed by atoms with Gasteiger partial charge in [0.15, 0.2) is 0 Å². The summed E-state index contributed by atoms with van der Waals surface area (Å²) in [7, 11) is 5.10. The lowest BCUT2D eigenvalue weighted by Crippen LogP contribution is -2.59. The largest absolute Gasteiger partial charge is 0.369 e. The molecule has 0 unspecified atom stereocenters. The van der Waals surface area contributed by atoms with E-state index in [1.54, 1.807) is 50.0 Å². The lowest BCUT2D eigenvalue weighted by molar-refractivity contribution is -0.142. The van der Waals surface area contributed by atoms with Crippen molar-refractivity contribution in [1.82, 2.24) is 25.3 Å². The van der Waals surface area contributed by atoms with Crippen LogP contribution in [-0.2, 0) is 20.9 Å². The van der Waals surface area contributed by atoms with Gasteiger partial charge in [0.2, 0.25) is 11.8 Å². The van der Waals surface area contributed by atoms with Crippen molar-refractivity contribution in [3.8, 4) is 0 Å². The van der Waals surface area contributed by atoms with Gasteiger partial charge in [-0.3, -0.25) is 9.59 Å². The highest BCUT2D eigenvalue weighted by Crippen LogP contribution is 2.36. The smallest absolute Gasteiger partial charge is 0.319 e. The van der Waals surface area contributed by atoms with Crippen LogP contribution < -0.4 is 10.6 Å².